The molecule has 0 aliphatic heterocycles. The van der Waals surface area contributed by atoms with Gasteiger partial charge in [0, 0.05) is 21.4 Å². The van der Waals surface area contributed by atoms with E-state index in [4.69, 9.17) is 23.2 Å². The topological polar surface area (TPSA) is 58.2 Å². The van der Waals surface area contributed by atoms with Crippen LogP contribution in [0.2, 0.25) is 10.0 Å². The van der Waals surface area contributed by atoms with Gasteiger partial charge in [-0.25, -0.2) is 0 Å². The van der Waals surface area contributed by atoms with Crippen LogP contribution in [0.3, 0.4) is 0 Å². The minimum absolute atomic E-state index is 0.201. The SMILES string of the molecule is O=C(CCc1ccccc1Cl)NNC(=O)CSc1ccc(Cl)cc1. The van der Waals surface area contributed by atoms with Gasteiger partial charge in [0.1, 0.15) is 0 Å². The Bertz CT molecular complexity index is 708. The van der Waals surface area contributed by atoms with Crippen LogP contribution < -0.4 is 10.9 Å². The molecule has 4 nitrogen and oxygen atoms in total. The molecule has 2 amide bonds. The van der Waals surface area contributed by atoms with Crippen molar-refractivity contribution in [2.75, 3.05) is 5.75 Å². The fourth-order valence-corrected chi connectivity index (χ4v) is 2.92. The zero-order chi connectivity index (χ0) is 17.4. The van der Waals surface area contributed by atoms with Crippen molar-refractivity contribution < 1.29 is 9.59 Å². The molecule has 0 saturated carbocycles. The van der Waals surface area contributed by atoms with E-state index < -0.39 is 0 Å². The molecular weight excluding hydrogens is 367 g/mol. The summed E-state index contributed by atoms with van der Waals surface area (Å²) >= 11 is 13.2. The number of thioether (sulfide) groups is 1. The molecule has 0 aliphatic rings. The number of amides is 2. The third kappa shape index (κ3) is 6.43. The number of rotatable bonds is 6. The van der Waals surface area contributed by atoms with E-state index in [9.17, 15) is 9.59 Å². The molecule has 0 unspecified atom stereocenters. The first-order valence-electron chi connectivity index (χ1n) is 7.24. The zero-order valence-electron chi connectivity index (χ0n) is 12.7. The number of hydrogen-bond donors (Lipinski definition) is 2. The Morgan fingerprint density at radius 2 is 1.58 bits per heavy atom. The quantitative estimate of drug-likeness (QED) is 0.588. The summed E-state index contributed by atoms with van der Waals surface area (Å²) in [6.45, 7) is 0. The summed E-state index contributed by atoms with van der Waals surface area (Å²) < 4.78 is 0. The van der Waals surface area contributed by atoms with Gasteiger partial charge in [-0.15, -0.1) is 11.8 Å². The molecule has 0 aromatic heterocycles. The van der Waals surface area contributed by atoms with Gasteiger partial charge in [-0.2, -0.15) is 0 Å². The number of carbonyl (C=O) groups is 2. The lowest BCUT2D eigenvalue weighted by atomic mass is 10.1. The van der Waals surface area contributed by atoms with Crippen LogP contribution in [0.25, 0.3) is 0 Å². The molecule has 0 radical (unpaired) electrons. The molecular formula is C17H16Cl2N2O2S. The van der Waals surface area contributed by atoms with Crippen molar-refractivity contribution in [1.29, 1.82) is 0 Å². The van der Waals surface area contributed by atoms with E-state index in [-0.39, 0.29) is 24.0 Å². The molecule has 0 spiro atoms. The highest BCUT2D eigenvalue weighted by Gasteiger charge is 2.07. The van der Waals surface area contributed by atoms with Crippen molar-refractivity contribution in [2.24, 2.45) is 0 Å². The minimum Gasteiger partial charge on any atom is -0.273 e. The van der Waals surface area contributed by atoms with Gasteiger partial charge in [0.25, 0.3) is 0 Å². The maximum Gasteiger partial charge on any atom is 0.248 e. The van der Waals surface area contributed by atoms with Crippen LogP contribution in [0.4, 0.5) is 0 Å². The van der Waals surface area contributed by atoms with Gasteiger partial charge in [-0.05, 0) is 42.3 Å². The van der Waals surface area contributed by atoms with Crippen LogP contribution in [0.15, 0.2) is 53.4 Å². The second-order valence-electron chi connectivity index (χ2n) is 4.93. The molecule has 0 bridgehead atoms. The van der Waals surface area contributed by atoms with Crippen molar-refractivity contribution in [1.82, 2.24) is 10.9 Å². The van der Waals surface area contributed by atoms with Gasteiger partial charge in [0.2, 0.25) is 11.8 Å². The Hall–Kier alpha value is -1.69. The molecule has 0 saturated heterocycles. The number of carbonyl (C=O) groups excluding carboxylic acids is 2. The first-order chi connectivity index (χ1) is 11.5. The van der Waals surface area contributed by atoms with Crippen molar-refractivity contribution in [3.8, 4) is 0 Å². The van der Waals surface area contributed by atoms with E-state index in [1.807, 2.05) is 30.3 Å². The Morgan fingerprint density at radius 3 is 2.29 bits per heavy atom. The van der Waals surface area contributed by atoms with E-state index in [0.29, 0.717) is 16.5 Å². The first kappa shape index (κ1) is 18.6. The van der Waals surface area contributed by atoms with E-state index >= 15 is 0 Å². The second-order valence-corrected chi connectivity index (χ2v) is 6.82. The third-order valence-electron chi connectivity index (χ3n) is 3.10. The van der Waals surface area contributed by atoms with Crippen LogP contribution in [-0.2, 0) is 16.0 Å². The second kappa shape index (κ2) is 9.57. The maximum atomic E-state index is 11.8. The molecule has 2 N–H and O–H groups in total. The van der Waals surface area contributed by atoms with Gasteiger partial charge in [-0.1, -0.05) is 41.4 Å². The summed E-state index contributed by atoms with van der Waals surface area (Å²) in [6, 6.07) is 14.6. The van der Waals surface area contributed by atoms with E-state index in [1.165, 1.54) is 11.8 Å². The number of hydrogen-bond acceptors (Lipinski definition) is 3. The molecule has 0 aliphatic carbocycles. The van der Waals surface area contributed by atoms with Crippen molar-refractivity contribution >= 4 is 46.8 Å². The average Bonchev–Trinajstić information content (AvgIpc) is 2.58. The summed E-state index contributed by atoms with van der Waals surface area (Å²) in [5.41, 5.74) is 5.70. The number of aryl methyl sites for hydroxylation is 1. The number of halogens is 2. The molecule has 2 aromatic carbocycles. The largest absolute Gasteiger partial charge is 0.273 e. The van der Waals surface area contributed by atoms with E-state index in [2.05, 4.69) is 10.9 Å². The number of hydrazine groups is 1. The molecule has 0 heterocycles. The number of nitrogens with one attached hydrogen (secondary N) is 2. The van der Waals surface area contributed by atoms with Gasteiger partial charge < -0.3 is 0 Å². The first-order valence-corrected chi connectivity index (χ1v) is 8.98. The molecule has 2 rings (SSSR count). The fourth-order valence-electron chi connectivity index (χ4n) is 1.87. The minimum atomic E-state index is -0.277. The molecule has 126 valence electrons. The zero-order valence-corrected chi connectivity index (χ0v) is 15.0. The van der Waals surface area contributed by atoms with E-state index in [0.717, 1.165) is 10.5 Å². The molecule has 2 aromatic rings. The fraction of sp³-hybridized carbons (Fsp3) is 0.176. The Kier molecular flexibility index (Phi) is 7.43. The predicted octanol–water partition coefficient (Wildman–Crippen LogP) is 3.87. The molecule has 24 heavy (non-hydrogen) atoms. The highest BCUT2D eigenvalue weighted by molar-refractivity contribution is 8.00. The summed E-state index contributed by atoms with van der Waals surface area (Å²) in [6.07, 6.45) is 0.759. The maximum absolute atomic E-state index is 11.8. The predicted molar refractivity (Wildman–Crippen MR) is 98.2 cm³/mol. The van der Waals surface area contributed by atoms with Gasteiger partial charge in [-0.3, -0.25) is 20.4 Å². The highest BCUT2D eigenvalue weighted by Crippen LogP contribution is 2.20. The lowest BCUT2D eigenvalue weighted by Crippen LogP contribution is -2.42. The van der Waals surface area contributed by atoms with Gasteiger partial charge in [0.05, 0.1) is 5.75 Å². The average molecular weight is 383 g/mol. The van der Waals surface area contributed by atoms with Crippen LogP contribution in [-0.4, -0.2) is 17.6 Å². The molecule has 0 fully saturated rings. The Labute approximate surface area is 154 Å². The normalized spacial score (nSPS) is 10.2. The van der Waals surface area contributed by atoms with Gasteiger partial charge >= 0.3 is 0 Å². The Balaban J connectivity index is 1.66. The summed E-state index contributed by atoms with van der Waals surface area (Å²) in [5, 5.41) is 1.28. The summed E-state index contributed by atoms with van der Waals surface area (Å²) in [7, 11) is 0. The standard InChI is InChI=1S/C17H16Cl2N2O2S/c18-13-6-8-14(9-7-13)24-11-17(23)21-20-16(22)10-5-12-3-1-2-4-15(12)19/h1-4,6-9H,5,10-11H2,(H,20,22)(H,21,23). The monoisotopic (exact) mass is 382 g/mol. The number of benzene rings is 2. The van der Waals surface area contributed by atoms with Crippen LogP contribution >= 0.6 is 35.0 Å². The Morgan fingerprint density at radius 1 is 0.917 bits per heavy atom. The summed E-state index contributed by atoms with van der Waals surface area (Å²) in [5.74, 6) is -0.340. The highest BCUT2D eigenvalue weighted by atomic mass is 35.5. The molecule has 7 heteroatoms. The van der Waals surface area contributed by atoms with Crippen molar-refractivity contribution in [3.63, 3.8) is 0 Å². The van der Waals surface area contributed by atoms with Crippen LogP contribution in [0, 0.1) is 0 Å². The van der Waals surface area contributed by atoms with Gasteiger partial charge in [0.15, 0.2) is 0 Å². The van der Waals surface area contributed by atoms with Crippen molar-refractivity contribution in [2.45, 2.75) is 17.7 Å². The van der Waals surface area contributed by atoms with Crippen molar-refractivity contribution in [3.05, 3.63) is 64.1 Å². The van der Waals surface area contributed by atoms with E-state index in [1.54, 1.807) is 18.2 Å². The van der Waals surface area contributed by atoms with Crippen LogP contribution in [0.5, 0.6) is 0 Å². The van der Waals surface area contributed by atoms with Crippen LogP contribution in [0.1, 0.15) is 12.0 Å². The molecule has 0 atom stereocenters. The summed E-state index contributed by atoms with van der Waals surface area (Å²) in [4.78, 5) is 24.4. The lowest BCUT2D eigenvalue weighted by Gasteiger charge is -2.08. The smallest absolute Gasteiger partial charge is 0.248 e. The lowest BCUT2D eigenvalue weighted by molar-refractivity contribution is -0.127. The third-order valence-corrected chi connectivity index (χ3v) is 4.74.